The fourth-order valence-electron chi connectivity index (χ4n) is 8.85. The Hall–Kier alpha value is -2.95. The molecule has 6 rings (SSSR count). The Morgan fingerprint density at radius 3 is 1.56 bits per heavy atom. The number of carbonyl (C=O) groups is 2. The van der Waals surface area contributed by atoms with Crippen molar-refractivity contribution < 1.29 is 43.2 Å². The summed E-state index contributed by atoms with van der Waals surface area (Å²) in [5.41, 5.74) is 1.93. The molecule has 0 aliphatic carbocycles. The molecule has 0 aromatic heterocycles. The van der Waals surface area contributed by atoms with Crippen LogP contribution >= 0.6 is 34.8 Å². The van der Waals surface area contributed by atoms with Crippen molar-refractivity contribution >= 4 is 55.3 Å². The largest absolute Gasteiger partial charge is 0.444 e. The number of halogens is 3. The summed E-state index contributed by atoms with van der Waals surface area (Å²) in [6.07, 6.45) is 4.65. The number of hydrogen-bond acceptors (Lipinski definition) is 10. The number of ether oxygens (including phenoxy) is 4. The van der Waals surface area contributed by atoms with Crippen LogP contribution in [0.3, 0.4) is 0 Å². The van der Waals surface area contributed by atoms with Gasteiger partial charge in [-0.15, -0.1) is 0 Å². The lowest BCUT2D eigenvalue weighted by Gasteiger charge is -2.38. The van der Waals surface area contributed by atoms with E-state index < -0.39 is 25.6 Å². The molecule has 0 spiro atoms. The van der Waals surface area contributed by atoms with Gasteiger partial charge in [0.15, 0.2) is 8.32 Å². The van der Waals surface area contributed by atoms with Crippen molar-refractivity contribution in [3.8, 4) is 0 Å². The zero-order valence-electron chi connectivity index (χ0n) is 45.0. The van der Waals surface area contributed by atoms with Gasteiger partial charge >= 0.3 is 12.2 Å². The molecular weight excluding hydrogens is 993 g/mol. The smallest absolute Gasteiger partial charge is 0.410 e. The second kappa shape index (κ2) is 28.8. The maximum atomic E-state index is 12.7. The predicted molar refractivity (Wildman–Crippen MR) is 294 cm³/mol. The fraction of sp³-hybridized carbons (Fsp3) is 0.643. The van der Waals surface area contributed by atoms with Crippen LogP contribution in [0.5, 0.6) is 0 Å². The third-order valence-electron chi connectivity index (χ3n) is 13.4. The maximum absolute atomic E-state index is 12.7. The molecule has 404 valence electrons. The molecule has 12 nitrogen and oxygen atoms in total. The number of rotatable bonds is 14. The normalized spacial score (nSPS) is 20.2. The molecule has 3 aliphatic rings. The van der Waals surface area contributed by atoms with E-state index in [0.717, 1.165) is 66.9 Å². The van der Waals surface area contributed by atoms with Crippen LogP contribution in [0.1, 0.15) is 136 Å². The lowest BCUT2D eigenvalue weighted by atomic mass is 9.88. The number of hydrogen-bond donors (Lipinski definition) is 3. The van der Waals surface area contributed by atoms with Crippen molar-refractivity contribution in [2.75, 3.05) is 65.7 Å². The highest BCUT2D eigenvalue weighted by Crippen LogP contribution is 2.38. The third kappa shape index (κ3) is 21.0. The van der Waals surface area contributed by atoms with E-state index in [-0.39, 0.29) is 47.9 Å². The summed E-state index contributed by atoms with van der Waals surface area (Å²) < 4.78 is 29.6. The first kappa shape index (κ1) is 61.6. The maximum Gasteiger partial charge on any atom is 0.410 e. The van der Waals surface area contributed by atoms with Crippen molar-refractivity contribution in [1.29, 1.82) is 0 Å². The Morgan fingerprint density at radius 2 is 1.10 bits per heavy atom. The number of carbonyl (C=O) groups excluding carboxylic acids is 2. The zero-order chi connectivity index (χ0) is 53.3. The van der Waals surface area contributed by atoms with Crippen molar-refractivity contribution in [3.05, 3.63) is 105 Å². The highest BCUT2D eigenvalue weighted by molar-refractivity contribution is 6.74. The SMILES string of the molecule is CC(C)(C)OC(=O)N1CCC[C@@H]([C@@H](O)c2cccc(Cl)c2)C1.CC(C)(C)OC(=O)N1CCC[C@@H]([C@@H](OCCO[Si](C)(C)C(C)(C)C)c2cccc(Cl)c2)C1.OCCO[C@@H](c1cccc(Cl)c1)[C@@H]1CCCNC1. The van der Waals surface area contributed by atoms with Crippen LogP contribution in [0, 0.1) is 17.8 Å². The number of likely N-dealkylation sites (tertiary alicyclic amines) is 2. The summed E-state index contributed by atoms with van der Waals surface area (Å²) in [4.78, 5) is 28.3. The molecule has 3 aromatic carbocycles. The first-order valence-electron chi connectivity index (χ1n) is 25.9. The average Bonchev–Trinajstić information content (AvgIpc) is 3.31. The highest BCUT2D eigenvalue weighted by atomic mass is 35.5. The van der Waals surface area contributed by atoms with Gasteiger partial charge in [0.1, 0.15) is 11.2 Å². The molecule has 0 bridgehead atoms. The molecule has 3 fully saturated rings. The van der Waals surface area contributed by atoms with Crippen molar-refractivity contribution in [3.63, 3.8) is 0 Å². The standard InChI is InChI=1S/C25H42ClNO4Si.C17H24ClNO3.C14H20ClNO2/c1-24(2,3)31-23(28)27-14-10-12-20(18-27)22(19-11-9-13-21(26)17-19)29-15-16-30-32(7,8)25(4,5)6;1-17(2,3)22-16(21)19-9-5-7-13(11-19)15(20)12-6-4-8-14(18)10-12;15-13-5-1-3-11(9-13)14(18-8-7-17)12-4-2-6-16-10-12/h9,11,13,17,20,22H,10,12,14-16,18H2,1-8H3;4,6,8,10,13,15,20H,5,7,9,11H2,1-3H3;1,3,5,9,12,14,16-17H,2,4,6-8,10H2/t20-,22+;13-,15+;12-,14+/m111/s1. The molecule has 3 aromatic rings. The Bertz CT molecular complexity index is 2110. The average molecular weight is 1080 g/mol. The lowest BCUT2D eigenvalue weighted by Crippen LogP contribution is -2.44. The minimum Gasteiger partial charge on any atom is -0.444 e. The van der Waals surface area contributed by atoms with Gasteiger partial charge in [-0.3, -0.25) is 0 Å². The van der Waals surface area contributed by atoms with Gasteiger partial charge in [-0.25, -0.2) is 9.59 Å². The fourth-order valence-corrected chi connectivity index (χ4v) is 10.5. The second-order valence-electron chi connectivity index (χ2n) is 22.8. The summed E-state index contributed by atoms with van der Waals surface area (Å²) >= 11 is 18.3. The molecule has 2 amide bonds. The number of benzene rings is 3. The lowest BCUT2D eigenvalue weighted by molar-refractivity contribution is -0.0336. The molecule has 0 unspecified atom stereocenters. The number of piperidine rings is 3. The van der Waals surface area contributed by atoms with Crippen molar-refractivity contribution in [1.82, 2.24) is 15.1 Å². The van der Waals surface area contributed by atoms with Crippen LogP contribution in [0.4, 0.5) is 9.59 Å². The predicted octanol–water partition coefficient (Wildman–Crippen LogP) is 13.5. The van der Waals surface area contributed by atoms with Gasteiger partial charge in [0.2, 0.25) is 0 Å². The summed E-state index contributed by atoms with van der Waals surface area (Å²) in [5, 5.41) is 25.1. The van der Waals surface area contributed by atoms with E-state index in [1.807, 2.05) is 101 Å². The van der Waals surface area contributed by atoms with Crippen LogP contribution in [0.25, 0.3) is 0 Å². The molecule has 16 heteroatoms. The number of nitrogens with one attached hydrogen (secondary N) is 1. The second-order valence-corrected chi connectivity index (χ2v) is 28.9. The van der Waals surface area contributed by atoms with E-state index in [4.69, 9.17) is 63.3 Å². The quantitative estimate of drug-likeness (QED) is 0.106. The van der Waals surface area contributed by atoms with Gasteiger partial charge in [-0.1, -0.05) is 92.0 Å². The van der Waals surface area contributed by atoms with E-state index in [0.29, 0.717) is 62.0 Å². The number of aliphatic hydroxyl groups excluding tert-OH is 2. The Kier molecular flexibility index (Phi) is 24.6. The molecule has 3 heterocycles. The number of aliphatic hydroxyl groups is 2. The van der Waals surface area contributed by atoms with E-state index in [9.17, 15) is 14.7 Å². The van der Waals surface area contributed by atoms with E-state index in [1.165, 1.54) is 6.42 Å². The van der Waals surface area contributed by atoms with Gasteiger partial charge in [0, 0.05) is 65.5 Å². The summed E-state index contributed by atoms with van der Waals surface area (Å²) in [6.45, 7) is 28.5. The van der Waals surface area contributed by atoms with E-state index in [1.54, 1.807) is 17.0 Å². The molecule has 0 radical (unpaired) electrons. The van der Waals surface area contributed by atoms with Gasteiger partial charge in [-0.2, -0.15) is 0 Å². The van der Waals surface area contributed by atoms with Crippen molar-refractivity contribution in [2.24, 2.45) is 17.8 Å². The van der Waals surface area contributed by atoms with Gasteiger partial charge < -0.3 is 48.7 Å². The first-order chi connectivity index (χ1) is 33.8. The van der Waals surface area contributed by atoms with Gasteiger partial charge in [0.25, 0.3) is 0 Å². The van der Waals surface area contributed by atoms with Crippen LogP contribution in [-0.2, 0) is 23.4 Å². The van der Waals surface area contributed by atoms with Crippen molar-refractivity contribution in [2.45, 2.75) is 148 Å². The number of amides is 2. The van der Waals surface area contributed by atoms with Gasteiger partial charge in [-0.05, 0) is 158 Å². The molecule has 72 heavy (non-hydrogen) atoms. The Balaban J connectivity index is 0.000000246. The zero-order valence-corrected chi connectivity index (χ0v) is 48.3. The third-order valence-corrected chi connectivity index (χ3v) is 18.7. The number of nitrogens with zero attached hydrogens (tertiary/aromatic N) is 2. The summed E-state index contributed by atoms with van der Waals surface area (Å²) in [6, 6.07) is 22.9. The molecule has 3 saturated heterocycles. The molecule has 6 atom stereocenters. The Morgan fingerprint density at radius 1 is 0.653 bits per heavy atom. The highest BCUT2D eigenvalue weighted by Gasteiger charge is 2.38. The summed E-state index contributed by atoms with van der Waals surface area (Å²) in [5.74, 6) is 0.617. The molecule has 3 aliphatic heterocycles. The monoisotopic (exact) mass is 1080 g/mol. The summed E-state index contributed by atoms with van der Waals surface area (Å²) in [7, 11) is -1.82. The topological polar surface area (TPSA) is 139 Å². The van der Waals surface area contributed by atoms with Crippen LogP contribution < -0.4 is 5.32 Å². The molecule has 0 saturated carbocycles. The van der Waals surface area contributed by atoms with Crippen LogP contribution in [0.15, 0.2) is 72.8 Å². The van der Waals surface area contributed by atoms with E-state index in [2.05, 4.69) is 45.2 Å². The minimum atomic E-state index is -1.82. The van der Waals surface area contributed by atoms with Gasteiger partial charge in [0.05, 0.1) is 44.7 Å². The molecule has 3 N–H and O–H groups in total. The van der Waals surface area contributed by atoms with Crippen LogP contribution in [0.2, 0.25) is 33.2 Å². The van der Waals surface area contributed by atoms with E-state index >= 15 is 0 Å². The van der Waals surface area contributed by atoms with Crippen LogP contribution in [-0.4, -0.2) is 117 Å². The minimum absolute atomic E-state index is 0.000245. The first-order valence-corrected chi connectivity index (χ1v) is 29.9. The molecular formula is C56H86Cl3N3O9Si. The Labute approximate surface area is 447 Å².